The van der Waals surface area contributed by atoms with E-state index in [9.17, 15) is 0 Å². The molecule has 18 heavy (non-hydrogen) atoms. The molecular weight excluding hydrogens is 353 g/mol. The zero-order valence-electron chi connectivity index (χ0n) is 9.34. The molecule has 5 heteroatoms. The third-order valence-corrected chi connectivity index (χ3v) is 5.25. The molecule has 1 heterocycles. The number of fused-ring (bicyclic) bond motifs is 1. The van der Waals surface area contributed by atoms with E-state index in [2.05, 4.69) is 27.3 Å². The Morgan fingerprint density at radius 3 is 2.89 bits per heavy atom. The molecule has 0 amide bonds. The summed E-state index contributed by atoms with van der Waals surface area (Å²) in [4.78, 5) is 1.39. The summed E-state index contributed by atoms with van der Waals surface area (Å²) < 4.78 is 1.86. The van der Waals surface area contributed by atoms with Crippen molar-refractivity contribution in [3.8, 4) is 0 Å². The van der Waals surface area contributed by atoms with E-state index in [0.717, 1.165) is 32.4 Å². The zero-order chi connectivity index (χ0) is 12.7. The van der Waals surface area contributed by atoms with Gasteiger partial charge < -0.3 is 5.32 Å². The number of hydrogen-bond donors (Lipinski definition) is 1. The smallest absolute Gasteiger partial charge is 0.0934 e. The second-order valence-electron chi connectivity index (χ2n) is 4.29. The van der Waals surface area contributed by atoms with Crippen LogP contribution in [-0.4, -0.2) is 0 Å². The minimum Gasteiger partial charge on any atom is -0.377 e. The highest BCUT2D eigenvalue weighted by Gasteiger charge is 2.25. The minimum atomic E-state index is 0.322. The van der Waals surface area contributed by atoms with Gasteiger partial charge in [0, 0.05) is 9.35 Å². The molecule has 0 radical (unpaired) electrons. The van der Waals surface area contributed by atoms with Crippen LogP contribution < -0.4 is 5.32 Å². The van der Waals surface area contributed by atoms with Crippen LogP contribution in [0, 0.1) is 0 Å². The average Bonchev–Trinajstić information content (AvgIpc) is 2.83. The molecule has 0 aliphatic heterocycles. The van der Waals surface area contributed by atoms with Crippen molar-refractivity contribution in [2.45, 2.75) is 18.9 Å². The lowest BCUT2D eigenvalue weighted by atomic mass is 10.1. The maximum absolute atomic E-state index is 6.22. The molecule has 1 aliphatic carbocycles. The van der Waals surface area contributed by atoms with Crippen molar-refractivity contribution in [3.05, 3.63) is 48.5 Å². The first-order valence-electron chi connectivity index (χ1n) is 5.63. The van der Waals surface area contributed by atoms with Gasteiger partial charge in [-0.3, -0.25) is 0 Å². The number of nitrogens with one attached hydrogen (secondary N) is 1. The van der Waals surface area contributed by atoms with E-state index in [1.54, 1.807) is 11.3 Å². The molecule has 1 aromatic carbocycles. The van der Waals surface area contributed by atoms with Gasteiger partial charge >= 0.3 is 0 Å². The van der Waals surface area contributed by atoms with Gasteiger partial charge in [0.05, 0.1) is 21.1 Å². The van der Waals surface area contributed by atoms with Crippen molar-refractivity contribution >= 4 is 56.2 Å². The Kier molecular flexibility index (Phi) is 3.59. The second kappa shape index (κ2) is 5.04. The molecule has 1 unspecified atom stereocenters. The van der Waals surface area contributed by atoms with Gasteiger partial charge in [-0.2, -0.15) is 0 Å². The van der Waals surface area contributed by atoms with Gasteiger partial charge in [0.15, 0.2) is 0 Å². The molecule has 1 aromatic heterocycles. The predicted octanol–water partition coefficient (Wildman–Crippen LogP) is 5.92. The summed E-state index contributed by atoms with van der Waals surface area (Å²) in [5.41, 5.74) is 2.30. The van der Waals surface area contributed by atoms with Gasteiger partial charge in [0.25, 0.3) is 0 Å². The van der Waals surface area contributed by atoms with Gasteiger partial charge in [0.1, 0.15) is 0 Å². The molecule has 1 nitrogen and oxygen atoms in total. The first kappa shape index (κ1) is 12.8. The molecule has 1 atom stereocenters. The van der Waals surface area contributed by atoms with Crippen LogP contribution >= 0.6 is 50.5 Å². The molecule has 0 saturated carbocycles. The maximum atomic E-state index is 6.22. The van der Waals surface area contributed by atoms with E-state index >= 15 is 0 Å². The number of aryl methyl sites for hydroxylation is 1. The molecular formula is C13H10BrCl2NS. The van der Waals surface area contributed by atoms with Crippen LogP contribution in [0.25, 0.3) is 0 Å². The Morgan fingerprint density at radius 2 is 2.11 bits per heavy atom. The summed E-state index contributed by atoms with van der Waals surface area (Å²) in [6.45, 7) is 0. The Hall–Kier alpha value is -0.220. The molecule has 0 fully saturated rings. The van der Waals surface area contributed by atoms with Gasteiger partial charge in [-0.1, -0.05) is 39.1 Å². The topological polar surface area (TPSA) is 12.0 Å². The van der Waals surface area contributed by atoms with Crippen LogP contribution in [0.15, 0.2) is 28.7 Å². The first-order chi connectivity index (χ1) is 8.63. The van der Waals surface area contributed by atoms with Crippen LogP contribution in [0.5, 0.6) is 0 Å². The summed E-state index contributed by atoms with van der Waals surface area (Å²) in [7, 11) is 0. The van der Waals surface area contributed by atoms with E-state index in [1.807, 2.05) is 18.2 Å². The summed E-state index contributed by atoms with van der Waals surface area (Å²) in [5.74, 6) is 0. The molecule has 1 N–H and O–H groups in total. The lowest BCUT2D eigenvalue weighted by Gasteiger charge is -2.15. The van der Waals surface area contributed by atoms with E-state index in [4.69, 9.17) is 23.2 Å². The molecule has 3 rings (SSSR count). The number of hydrogen-bond acceptors (Lipinski definition) is 2. The van der Waals surface area contributed by atoms with E-state index < -0.39 is 0 Å². The Labute approximate surface area is 128 Å². The lowest BCUT2D eigenvalue weighted by molar-refractivity contribution is 0.762. The fourth-order valence-electron chi connectivity index (χ4n) is 2.27. The monoisotopic (exact) mass is 361 g/mol. The predicted molar refractivity (Wildman–Crippen MR) is 83.2 cm³/mol. The Morgan fingerprint density at radius 1 is 1.28 bits per heavy atom. The summed E-state index contributed by atoms with van der Waals surface area (Å²) in [6, 6.07) is 8.28. The fraction of sp³-hybridized carbons (Fsp3) is 0.231. The lowest BCUT2D eigenvalue weighted by Crippen LogP contribution is -2.06. The Bertz CT molecular complexity index is 597. The molecule has 2 aromatic rings. The van der Waals surface area contributed by atoms with Crippen molar-refractivity contribution in [1.82, 2.24) is 0 Å². The molecule has 0 spiro atoms. The molecule has 0 bridgehead atoms. The number of benzene rings is 1. The third kappa shape index (κ3) is 2.42. The zero-order valence-corrected chi connectivity index (χ0v) is 13.3. The number of rotatable bonds is 2. The van der Waals surface area contributed by atoms with Crippen LogP contribution in [0.1, 0.15) is 22.9 Å². The number of thiophene rings is 1. The van der Waals surface area contributed by atoms with Crippen LogP contribution in [0.4, 0.5) is 5.69 Å². The SMILES string of the molecule is Clc1cc2c(s1)CCC2Nc1ccc(Br)cc1Cl. The summed E-state index contributed by atoms with van der Waals surface area (Å²) in [6.07, 6.45) is 2.20. The Balaban J connectivity index is 1.85. The fourth-order valence-corrected chi connectivity index (χ4v) is 4.36. The standard InChI is InChI=1S/C13H10BrCl2NS/c14-7-1-2-11(9(15)5-7)17-10-3-4-12-8(10)6-13(16)18-12/h1-2,5-6,10,17H,3-4H2. The normalized spacial score (nSPS) is 17.8. The first-order valence-corrected chi connectivity index (χ1v) is 8.00. The van der Waals surface area contributed by atoms with Gasteiger partial charge in [-0.15, -0.1) is 11.3 Å². The largest absolute Gasteiger partial charge is 0.377 e. The van der Waals surface area contributed by atoms with Crippen molar-refractivity contribution < 1.29 is 0 Å². The van der Waals surface area contributed by atoms with Gasteiger partial charge in [0.2, 0.25) is 0 Å². The van der Waals surface area contributed by atoms with E-state index in [1.165, 1.54) is 10.4 Å². The highest BCUT2D eigenvalue weighted by Crippen LogP contribution is 2.41. The third-order valence-electron chi connectivity index (χ3n) is 3.11. The number of anilines is 1. The van der Waals surface area contributed by atoms with Crippen LogP contribution in [0.3, 0.4) is 0 Å². The van der Waals surface area contributed by atoms with Crippen molar-refractivity contribution in [3.63, 3.8) is 0 Å². The highest BCUT2D eigenvalue weighted by atomic mass is 79.9. The van der Waals surface area contributed by atoms with Crippen molar-refractivity contribution in [2.24, 2.45) is 0 Å². The van der Waals surface area contributed by atoms with Crippen LogP contribution in [-0.2, 0) is 6.42 Å². The molecule has 0 saturated heterocycles. The van der Waals surface area contributed by atoms with Gasteiger partial charge in [-0.25, -0.2) is 0 Å². The van der Waals surface area contributed by atoms with Crippen molar-refractivity contribution in [2.75, 3.05) is 5.32 Å². The van der Waals surface area contributed by atoms with E-state index in [-0.39, 0.29) is 0 Å². The van der Waals surface area contributed by atoms with E-state index in [0.29, 0.717) is 6.04 Å². The average molecular weight is 363 g/mol. The molecule has 1 aliphatic rings. The highest BCUT2D eigenvalue weighted by molar-refractivity contribution is 9.10. The quantitative estimate of drug-likeness (QED) is 0.699. The second-order valence-corrected chi connectivity index (χ2v) is 7.38. The summed E-state index contributed by atoms with van der Waals surface area (Å²) >= 11 is 17.4. The minimum absolute atomic E-state index is 0.322. The van der Waals surface area contributed by atoms with Crippen LogP contribution in [0.2, 0.25) is 9.36 Å². The molecule has 94 valence electrons. The maximum Gasteiger partial charge on any atom is 0.0934 e. The summed E-state index contributed by atoms with van der Waals surface area (Å²) in [5, 5.41) is 4.24. The van der Waals surface area contributed by atoms with Crippen molar-refractivity contribution in [1.29, 1.82) is 0 Å². The van der Waals surface area contributed by atoms with Gasteiger partial charge in [-0.05, 0) is 42.7 Å². The number of halogens is 3.